The first-order chi connectivity index (χ1) is 11.6. The maximum atomic E-state index is 12.2. The van der Waals surface area contributed by atoms with Gasteiger partial charge >= 0.3 is 0 Å². The lowest BCUT2D eigenvalue weighted by Crippen LogP contribution is -2.16. The first-order valence-corrected chi connectivity index (χ1v) is 8.57. The highest BCUT2D eigenvalue weighted by Crippen LogP contribution is 2.24. The fraction of sp³-hybridized carbons (Fsp3) is 0.118. The Bertz CT molecular complexity index is 1120. The number of nitrogens with zero attached hydrogens (tertiary/aromatic N) is 3. The number of anilines is 1. The minimum Gasteiger partial charge on any atom is -0.379 e. The van der Waals surface area contributed by atoms with Gasteiger partial charge in [-0.25, -0.2) is 9.97 Å². The zero-order valence-corrected chi connectivity index (χ0v) is 14.4. The van der Waals surface area contributed by atoms with Crippen LogP contribution in [0, 0.1) is 6.92 Å². The van der Waals surface area contributed by atoms with Crippen LogP contribution in [0.3, 0.4) is 0 Å². The summed E-state index contributed by atoms with van der Waals surface area (Å²) in [5.41, 5.74) is 3.10. The van der Waals surface area contributed by atoms with Crippen molar-refractivity contribution in [3.05, 3.63) is 68.7 Å². The SMILES string of the molecule is Cc1nc2ccc(NCc3cc(=O)n4cc(Cl)ccc4n3)cc2s1. The van der Waals surface area contributed by atoms with E-state index in [4.69, 9.17) is 11.6 Å². The Morgan fingerprint density at radius 1 is 1.21 bits per heavy atom. The van der Waals surface area contributed by atoms with E-state index in [0.717, 1.165) is 20.9 Å². The van der Waals surface area contributed by atoms with Crippen LogP contribution in [-0.2, 0) is 6.54 Å². The molecule has 0 saturated carbocycles. The Morgan fingerprint density at radius 2 is 2.08 bits per heavy atom. The second kappa shape index (κ2) is 5.89. The molecule has 1 N–H and O–H groups in total. The van der Waals surface area contributed by atoms with E-state index in [1.54, 1.807) is 29.7 Å². The van der Waals surface area contributed by atoms with Gasteiger partial charge in [-0.2, -0.15) is 0 Å². The van der Waals surface area contributed by atoms with Gasteiger partial charge in [-0.05, 0) is 37.3 Å². The summed E-state index contributed by atoms with van der Waals surface area (Å²) in [6.07, 6.45) is 1.57. The summed E-state index contributed by atoms with van der Waals surface area (Å²) >= 11 is 7.58. The predicted molar refractivity (Wildman–Crippen MR) is 98.2 cm³/mol. The average molecular weight is 357 g/mol. The van der Waals surface area contributed by atoms with Crippen LogP contribution in [0.4, 0.5) is 5.69 Å². The third-order valence-corrected chi connectivity index (χ3v) is 4.80. The van der Waals surface area contributed by atoms with E-state index in [0.29, 0.717) is 22.9 Å². The van der Waals surface area contributed by atoms with Gasteiger partial charge in [0.25, 0.3) is 5.56 Å². The summed E-state index contributed by atoms with van der Waals surface area (Å²) in [4.78, 5) is 21.1. The lowest BCUT2D eigenvalue weighted by Gasteiger charge is -2.07. The number of fused-ring (bicyclic) bond motifs is 2. The lowest BCUT2D eigenvalue weighted by molar-refractivity contribution is 0.972. The van der Waals surface area contributed by atoms with Crippen LogP contribution in [0.2, 0.25) is 5.02 Å². The van der Waals surface area contributed by atoms with Crippen LogP contribution in [0.25, 0.3) is 15.9 Å². The van der Waals surface area contributed by atoms with Crippen molar-refractivity contribution in [2.45, 2.75) is 13.5 Å². The van der Waals surface area contributed by atoms with Gasteiger partial charge in [0.1, 0.15) is 5.65 Å². The Hall–Kier alpha value is -2.44. The Morgan fingerprint density at radius 3 is 2.96 bits per heavy atom. The molecule has 0 fully saturated rings. The number of benzene rings is 1. The molecule has 7 heteroatoms. The highest BCUT2D eigenvalue weighted by atomic mass is 35.5. The summed E-state index contributed by atoms with van der Waals surface area (Å²) in [5.74, 6) is 0. The van der Waals surface area contributed by atoms with Crippen molar-refractivity contribution in [3.8, 4) is 0 Å². The molecule has 4 aromatic rings. The summed E-state index contributed by atoms with van der Waals surface area (Å²) in [6, 6.07) is 11.0. The number of pyridine rings is 1. The largest absolute Gasteiger partial charge is 0.379 e. The van der Waals surface area contributed by atoms with Crippen LogP contribution >= 0.6 is 22.9 Å². The van der Waals surface area contributed by atoms with E-state index >= 15 is 0 Å². The van der Waals surface area contributed by atoms with E-state index in [1.807, 2.05) is 19.1 Å². The molecule has 0 amide bonds. The van der Waals surface area contributed by atoms with Gasteiger partial charge in [-0.3, -0.25) is 9.20 Å². The number of aromatic nitrogens is 3. The van der Waals surface area contributed by atoms with Gasteiger partial charge < -0.3 is 5.32 Å². The van der Waals surface area contributed by atoms with Crippen molar-refractivity contribution < 1.29 is 0 Å². The van der Waals surface area contributed by atoms with Gasteiger partial charge in [0.05, 0.1) is 32.5 Å². The molecule has 0 bridgehead atoms. The molecule has 0 unspecified atom stereocenters. The molecule has 0 atom stereocenters. The van der Waals surface area contributed by atoms with Crippen LogP contribution in [-0.4, -0.2) is 14.4 Å². The zero-order chi connectivity index (χ0) is 16.7. The summed E-state index contributed by atoms with van der Waals surface area (Å²) < 4.78 is 2.58. The average Bonchev–Trinajstić information content (AvgIpc) is 2.93. The Kier molecular flexibility index (Phi) is 3.70. The molecule has 4 rings (SSSR count). The van der Waals surface area contributed by atoms with Crippen LogP contribution in [0.1, 0.15) is 10.7 Å². The van der Waals surface area contributed by atoms with Crippen molar-refractivity contribution >= 4 is 44.5 Å². The monoisotopic (exact) mass is 356 g/mol. The second-order valence-corrected chi connectivity index (χ2v) is 7.10. The number of aryl methyl sites for hydroxylation is 1. The molecule has 0 radical (unpaired) electrons. The number of hydrogen-bond acceptors (Lipinski definition) is 5. The standard InChI is InChI=1S/C17H13ClN4OS/c1-10-20-14-4-3-12(6-15(14)24-10)19-8-13-7-17(23)22-9-11(18)2-5-16(22)21-13/h2-7,9,19H,8H2,1H3. The molecule has 1 aromatic carbocycles. The fourth-order valence-electron chi connectivity index (χ4n) is 2.56. The minimum atomic E-state index is -0.146. The smallest absolute Gasteiger partial charge is 0.258 e. The molecule has 3 heterocycles. The highest BCUT2D eigenvalue weighted by Gasteiger charge is 2.05. The number of halogens is 1. The fourth-order valence-corrected chi connectivity index (χ4v) is 3.59. The maximum absolute atomic E-state index is 12.2. The second-order valence-electron chi connectivity index (χ2n) is 5.43. The van der Waals surface area contributed by atoms with Crippen molar-refractivity contribution in [2.24, 2.45) is 0 Å². The number of hydrogen-bond donors (Lipinski definition) is 1. The van der Waals surface area contributed by atoms with Gasteiger partial charge in [0, 0.05) is 18.0 Å². The van der Waals surface area contributed by atoms with Crippen LogP contribution in [0.15, 0.2) is 47.4 Å². The molecule has 0 aliphatic rings. The minimum absolute atomic E-state index is 0.146. The highest BCUT2D eigenvalue weighted by molar-refractivity contribution is 7.18. The van der Waals surface area contributed by atoms with Crippen LogP contribution < -0.4 is 10.9 Å². The van der Waals surface area contributed by atoms with E-state index < -0.39 is 0 Å². The summed E-state index contributed by atoms with van der Waals surface area (Å²) in [5, 5.41) is 4.86. The van der Waals surface area contributed by atoms with E-state index in [9.17, 15) is 4.79 Å². The third-order valence-electron chi connectivity index (χ3n) is 3.65. The molecule has 0 aliphatic heterocycles. The van der Waals surface area contributed by atoms with E-state index in [2.05, 4.69) is 21.4 Å². The maximum Gasteiger partial charge on any atom is 0.258 e. The normalized spacial score (nSPS) is 11.2. The van der Waals surface area contributed by atoms with Crippen molar-refractivity contribution in [1.29, 1.82) is 0 Å². The van der Waals surface area contributed by atoms with E-state index in [-0.39, 0.29) is 5.56 Å². The van der Waals surface area contributed by atoms with Gasteiger partial charge in [-0.1, -0.05) is 11.6 Å². The first kappa shape index (κ1) is 15.1. The Labute approximate surface area is 146 Å². The topological polar surface area (TPSA) is 59.3 Å². The summed E-state index contributed by atoms with van der Waals surface area (Å²) in [7, 11) is 0. The molecule has 0 spiro atoms. The number of thiazole rings is 1. The molecular formula is C17H13ClN4OS. The van der Waals surface area contributed by atoms with Crippen molar-refractivity contribution in [2.75, 3.05) is 5.32 Å². The number of nitrogens with one attached hydrogen (secondary N) is 1. The molecule has 24 heavy (non-hydrogen) atoms. The van der Waals surface area contributed by atoms with Crippen molar-refractivity contribution in [1.82, 2.24) is 14.4 Å². The number of rotatable bonds is 3. The predicted octanol–water partition coefficient (Wildman–Crippen LogP) is 3.88. The molecule has 0 aliphatic carbocycles. The van der Waals surface area contributed by atoms with E-state index in [1.165, 1.54) is 10.5 Å². The lowest BCUT2D eigenvalue weighted by atomic mass is 10.3. The molecule has 0 saturated heterocycles. The zero-order valence-electron chi connectivity index (χ0n) is 12.8. The van der Waals surface area contributed by atoms with Crippen LogP contribution in [0.5, 0.6) is 0 Å². The van der Waals surface area contributed by atoms with Gasteiger partial charge in [0.15, 0.2) is 0 Å². The molecular weight excluding hydrogens is 344 g/mol. The van der Waals surface area contributed by atoms with Gasteiger partial charge in [-0.15, -0.1) is 11.3 Å². The molecule has 5 nitrogen and oxygen atoms in total. The molecule has 120 valence electrons. The Balaban J connectivity index is 1.61. The molecule has 3 aromatic heterocycles. The third kappa shape index (κ3) is 2.86. The van der Waals surface area contributed by atoms with Crippen molar-refractivity contribution in [3.63, 3.8) is 0 Å². The van der Waals surface area contributed by atoms with Gasteiger partial charge in [0.2, 0.25) is 0 Å². The quantitative estimate of drug-likeness (QED) is 0.605. The first-order valence-electron chi connectivity index (χ1n) is 7.37. The summed E-state index contributed by atoms with van der Waals surface area (Å²) in [6.45, 7) is 2.47.